The van der Waals surface area contributed by atoms with Crippen molar-refractivity contribution in [1.29, 1.82) is 0 Å². The summed E-state index contributed by atoms with van der Waals surface area (Å²) in [5.74, 6) is 2.06. The molecular formula is C48H62N6. The summed E-state index contributed by atoms with van der Waals surface area (Å²) in [6.07, 6.45) is 0. The quantitative estimate of drug-likeness (QED) is 0.157. The summed E-state index contributed by atoms with van der Waals surface area (Å²) < 4.78 is 4.79. The molecule has 6 nitrogen and oxygen atoms in total. The summed E-state index contributed by atoms with van der Waals surface area (Å²) in [5.41, 5.74) is 30.6. The SMILES string of the molecule is Cc1c(C)c(C)c2c(c1C)-c1nc3c(c(C)c(C)c(C)c3n1C)C(C)N(C)c1c(C)c(C)c(C)c(C)c1-c1nc3c(c(C)c(C)c(C)c3n1C)C(C)N2C. The normalized spacial score (nSPS) is 16.1. The van der Waals surface area contributed by atoms with Gasteiger partial charge in [0.2, 0.25) is 0 Å². The molecule has 0 amide bonds. The number of aryl methyl sites for hydroxylation is 4. The zero-order valence-corrected chi connectivity index (χ0v) is 36.8. The predicted molar refractivity (Wildman–Crippen MR) is 232 cm³/mol. The average molecular weight is 723 g/mol. The highest BCUT2D eigenvalue weighted by Crippen LogP contribution is 2.49. The molecular weight excluding hydrogens is 661 g/mol. The first-order chi connectivity index (χ1) is 25.2. The highest BCUT2D eigenvalue weighted by Gasteiger charge is 2.34. The molecule has 6 heteroatoms. The second kappa shape index (κ2) is 12.5. The summed E-state index contributed by atoms with van der Waals surface area (Å²) in [6.45, 7) is 36.9. The number of hydrogen-bond donors (Lipinski definition) is 0. The van der Waals surface area contributed by atoms with Gasteiger partial charge in [0.05, 0.1) is 45.5 Å². The van der Waals surface area contributed by atoms with Crippen LogP contribution in [0.25, 0.3) is 44.8 Å². The molecule has 6 aromatic rings. The lowest BCUT2D eigenvalue weighted by Crippen LogP contribution is -2.26. The average Bonchev–Trinajstić information content (AvgIpc) is 3.65. The van der Waals surface area contributed by atoms with E-state index < -0.39 is 0 Å². The van der Waals surface area contributed by atoms with Gasteiger partial charge in [0.25, 0.3) is 0 Å². The summed E-state index contributed by atoms with van der Waals surface area (Å²) in [5, 5.41) is 0. The highest BCUT2D eigenvalue weighted by atomic mass is 15.2. The van der Waals surface area contributed by atoms with Gasteiger partial charge in [0.15, 0.2) is 0 Å². The summed E-state index contributed by atoms with van der Waals surface area (Å²) >= 11 is 0. The van der Waals surface area contributed by atoms with Crippen molar-refractivity contribution in [2.45, 2.75) is 123 Å². The third-order valence-corrected chi connectivity index (χ3v) is 14.9. The molecule has 4 bridgehead atoms. The molecule has 1 aliphatic heterocycles. The molecule has 0 fully saturated rings. The van der Waals surface area contributed by atoms with Crippen LogP contribution in [0, 0.1) is 96.9 Å². The van der Waals surface area contributed by atoms with Crippen molar-refractivity contribution in [1.82, 2.24) is 19.1 Å². The molecule has 0 N–H and O–H groups in total. The number of rotatable bonds is 0. The van der Waals surface area contributed by atoms with Crippen molar-refractivity contribution in [3.8, 4) is 22.8 Å². The van der Waals surface area contributed by atoms with Gasteiger partial charge in [0.1, 0.15) is 11.6 Å². The van der Waals surface area contributed by atoms with Gasteiger partial charge in [-0.3, -0.25) is 0 Å². The van der Waals surface area contributed by atoms with Crippen molar-refractivity contribution in [2.24, 2.45) is 14.1 Å². The Hall–Kier alpha value is -4.58. The molecule has 7 rings (SSSR count). The van der Waals surface area contributed by atoms with Crippen molar-refractivity contribution in [3.05, 3.63) is 89.0 Å². The van der Waals surface area contributed by atoms with Crippen molar-refractivity contribution >= 4 is 33.4 Å². The first-order valence-electron chi connectivity index (χ1n) is 19.8. The Kier molecular flexibility index (Phi) is 8.72. The van der Waals surface area contributed by atoms with Crippen LogP contribution in [-0.2, 0) is 14.1 Å². The second-order valence-corrected chi connectivity index (χ2v) is 17.0. The van der Waals surface area contributed by atoms with E-state index in [1.54, 1.807) is 0 Å². The predicted octanol–water partition coefficient (Wildman–Crippen LogP) is 11.8. The number of imidazole rings is 2. The van der Waals surface area contributed by atoms with Gasteiger partial charge in [-0.25, -0.2) is 9.97 Å². The van der Waals surface area contributed by atoms with Crippen LogP contribution in [0.2, 0.25) is 0 Å². The van der Waals surface area contributed by atoms with E-state index in [1.165, 1.54) is 123 Å². The van der Waals surface area contributed by atoms with Crippen molar-refractivity contribution in [3.63, 3.8) is 0 Å². The van der Waals surface area contributed by atoms with Crippen LogP contribution in [-0.4, -0.2) is 33.2 Å². The second-order valence-electron chi connectivity index (χ2n) is 17.0. The standard InChI is InChI=1S/C48H62N6/c1-21-23(3)31(11)43-39(29(21)9)47-49-41-38(28(8)25(5)33(13)45(41)53(47)19)36(16)52(18)44-32(12)24(4)22(2)30(10)40(44)48-50-42-37(35(15)51(43)17)27(7)26(6)34(14)46(42)54(48)20/h35-36H,1-20H3. The Morgan fingerprint density at radius 2 is 0.630 bits per heavy atom. The first kappa shape index (κ1) is 37.7. The lowest BCUT2D eigenvalue weighted by molar-refractivity contribution is 0.733. The number of nitrogens with zero attached hydrogens (tertiary/aromatic N) is 6. The minimum atomic E-state index is 0.0302. The largest absolute Gasteiger partial charge is 0.367 e. The number of aromatic nitrogens is 4. The molecule has 0 spiro atoms. The Bertz CT molecular complexity index is 2440. The Labute approximate surface area is 324 Å². The Morgan fingerprint density at radius 1 is 0.352 bits per heavy atom. The van der Waals surface area contributed by atoms with E-state index in [4.69, 9.17) is 9.97 Å². The minimum Gasteiger partial charge on any atom is -0.367 e. The molecule has 2 aromatic heterocycles. The smallest absolute Gasteiger partial charge is 0.143 e. The fraction of sp³-hybridized carbons (Fsp3) is 0.458. The number of fused-ring (bicyclic) bond motifs is 6. The highest BCUT2D eigenvalue weighted by molar-refractivity contribution is 5.96. The maximum atomic E-state index is 5.77. The molecule has 0 saturated carbocycles. The lowest BCUT2D eigenvalue weighted by Gasteiger charge is -2.34. The van der Waals surface area contributed by atoms with Gasteiger partial charge in [-0.05, 0) is 189 Å². The lowest BCUT2D eigenvalue weighted by atomic mass is 9.88. The van der Waals surface area contributed by atoms with E-state index in [9.17, 15) is 0 Å². The molecule has 284 valence electrons. The minimum absolute atomic E-state index is 0.0302. The maximum Gasteiger partial charge on any atom is 0.143 e. The summed E-state index contributed by atoms with van der Waals surface area (Å²) in [4.78, 5) is 16.6. The molecule has 3 heterocycles. The Morgan fingerprint density at radius 3 is 0.944 bits per heavy atom. The molecule has 0 saturated heterocycles. The number of benzene rings is 4. The molecule has 54 heavy (non-hydrogen) atoms. The topological polar surface area (TPSA) is 42.1 Å². The van der Waals surface area contributed by atoms with E-state index in [0.29, 0.717) is 0 Å². The molecule has 0 radical (unpaired) electrons. The van der Waals surface area contributed by atoms with Gasteiger partial charge in [-0.1, -0.05) is 0 Å². The number of hydrogen-bond acceptors (Lipinski definition) is 4. The van der Waals surface area contributed by atoms with Crippen molar-refractivity contribution < 1.29 is 0 Å². The van der Waals surface area contributed by atoms with Gasteiger partial charge in [0, 0.05) is 50.4 Å². The maximum absolute atomic E-state index is 5.77. The van der Waals surface area contributed by atoms with Crippen LogP contribution in [0.15, 0.2) is 0 Å². The molecule has 2 unspecified atom stereocenters. The zero-order chi connectivity index (χ0) is 39.9. The van der Waals surface area contributed by atoms with Crippen LogP contribution in [0.4, 0.5) is 11.4 Å². The molecule has 1 aliphatic rings. The first-order valence-corrected chi connectivity index (χ1v) is 19.8. The van der Waals surface area contributed by atoms with Crippen LogP contribution in [0.3, 0.4) is 0 Å². The zero-order valence-electron chi connectivity index (χ0n) is 36.8. The summed E-state index contributed by atoms with van der Waals surface area (Å²) in [6, 6.07) is 0.0604. The van der Waals surface area contributed by atoms with E-state index in [1.807, 2.05) is 0 Å². The molecule has 0 aliphatic carbocycles. The third-order valence-electron chi connectivity index (χ3n) is 14.9. The van der Waals surface area contributed by atoms with E-state index in [0.717, 1.165) is 22.7 Å². The van der Waals surface area contributed by atoms with E-state index in [2.05, 4.69) is 158 Å². The van der Waals surface area contributed by atoms with Crippen molar-refractivity contribution in [2.75, 3.05) is 23.9 Å². The fourth-order valence-electron chi connectivity index (χ4n) is 10.2. The fourth-order valence-corrected chi connectivity index (χ4v) is 10.2. The van der Waals surface area contributed by atoms with Crippen LogP contribution in [0.1, 0.15) is 115 Å². The molecule has 4 aromatic carbocycles. The van der Waals surface area contributed by atoms with E-state index in [-0.39, 0.29) is 12.1 Å². The van der Waals surface area contributed by atoms with Crippen LogP contribution in [0.5, 0.6) is 0 Å². The van der Waals surface area contributed by atoms with Gasteiger partial charge in [-0.2, -0.15) is 0 Å². The molecule has 2 atom stereocenters. The summed E-state index contributed by atoms with van der Waals surface area (Å²) in [7, 11) is 9.05. The van der Waals surface area contributed by atoms with Gasteiger partial charge in [-0.15, -0.1) is 0 Å². The number of anilines is 2. The van der Waals surface area contributed by atoms with Crippen LogP contribution < -0.4 is 9.80 Å². The van der Waals surface area contributed by atoms with Crippen LogP contribution >= 0.6 is 0 Å². The van der Waals surface area contributed by atoms with Gasteiger partial charge < -0.3 is 18.9 Å². The Balaban J connectivity index is 1.76. The van der Waals surface area contributed by atoms with Gasteiger partial charge >= 0.3 is 0 Å². The third kappa shape index (κ3) is 4.70. The van der Waals surface area contributed by atoms with E-state index >= 15 is 0 Å². The monoisotopic (exact) mass is 723 g/mol.